The fourth-order valence-corrected chi connectivity index (χ4v) is 2.65. The second kappa shape index (κ2) is 6.55. The van der Waals surface area contributed by atoms with E-state index < -0.39 is 6.10 Å². The number of hydrogen-bond acceptors (Lipinski definition) is 3. The van der Waals surface area contributed by atoms with Gasteiger partial charge in [0.1, 0.15) is 12.4 Å². The van der Waals surface area contributed by atoms with Crippen molar-refractivity contribution in [2.45, 2.75) is 25.9 Å². The van der Waals surface area contributed by atoms with E-state index in [1.54, 1.807) is 6.92 Å². The lowest BCUT2D eigenvalue weighted by Gasteiger charge is -2.17. The topological polar surface area (TPSA) is 32.7 Å². The maximum Gasteiger partial charge on any atom is 0.125 e. The molecule has 2 rings (SSSR count). The molecule has 1 aliphatic heterocycles. The highest BCUT2D eigenvalue weighted by molar-refractivity contribution is 9.10. The molecule has 1 fully saturated rings. The van der Waals surface area contributed by atoms with Crippen LogP contribution >= 0.6 is 15.9 Å². The molecule has 0 aliphatic carbocycles. The molecule has 18 heavy (non-hydrogen) atoms. The molecule has 4 heteroatoms. The van der Waals surface area contributed by atoms with Gasteiger partial charge in [-0.25, -0.2) is 0 Å². The van der Waals surface area contributed by atoms with Crippen molar-refractivity contribution in [2.75, 3.05) is 26.2 Å². The maximum atomic E-state index is 9.73. The van der Waals surface area contributed by atoms with Gasteiger partial charge >= 0.3 is 0 Å². The van der Waals surface area contributed by atoms with Crippen molar-refractivity contribution in [3.8, 4) is 5.75 Å². The third kappa shape index (κ3) is 3.70. The number of aliphatic hydroxyl groups is 1. The first-order valence-electron chi connectivity index (χ1n) is 6.49. The van der Waals surface area contributed by atoms with Gasteiger partial charge in [0.05, 0.1) is 6.10 Å². The molecule has 0 amide bonds. The number of ether oxygens (including phenoxy) is 1. The van der Waals surface area contributed by atoms with Crippen LogP contribution in [0.5, 0.6) is 5.75 Å². The van der Waals surface area contributed by atoms with Gasteiger partial charge in [-0.1, -0.05) is 15.9 Å². The van der Waals surface area contributed by atoms with E-state index in [4.69, 9.17) is 4.74 Å². The van der Waals surface area contributed by atoms with E-state index in [1.165, 1.54) is 25.9 Å². The number of rotatable bonds is 5. The summed E-state index contributed by atoms with van der Waals surface area (Å²) in [5.74, 6) is 0.785. The molecule has 1 aromatic rings. The second-order valence-corrected chi connectivity index (χ2v) is 5.67. The van der Waals surface area contributed by atoms with E-state index in [0.717, 1.165) is 22.3 Å². The highest BCUT2D eigenvalue weighted by atomic mass is 79.9. The van der Waals surface area contributed by atoms with Crippen LogP contribution < -0.4 is 4.74 Å². The Labute approximate surface area is 117 Å². The molecule has 1 aromatic carbocycles. The molecule has 1 heterocycles. The van der Waals surface area contributed by atoms with E-state index in [9.17, 15) is 5.11 Å². The van der Waals surface area contributed by atoms with E-state index in [2.05, 4.69) is 20.8 Å². The van der Waals surface area contributed by atoms with Crippen LogP contribution in [0.2, 0.25) is 0 Å². The lowest BCUT2D eigenvalue weighted by Crippen LogP contribution is -2.25. The summed E-state index contributed by atoms with van der Waals surface area (Å²) in [5, 5.41) is 9.73. The van der Waals surface area contributed by atoms with Gasteiger partial charge in [0.15, 0.2) is 0 Å². The summed E-state index contributed by atoms with van der Waals surface area (Å²) < 4.78 is 6.76. The molecule has 0 saturated carbocycles. The minimum atomic E-state index is -0.510. The lowest BCUT2D eigenvalue weighted by molar-refractivity contribution is 0.186. The van der Waals surface area contributed by atoms with Gasteiger partial charge in [0.2, 0.25) is 0 Å². The Morgan fingerprint density at radius 1 is 1.39 bits per heavy atom. The molecular formula is C14H20BrNO2. The standard InChI is InChI=1S/C14H20BrNO2/c1-11(17)13-10-12(15)4-5-14(13)18-9-8-16-6-2-3-7-16/h4-5,10-11,17H,2-3,6-9H2,1H3/t11-/m1/s1. The van der Waals surface area contributed by atoms with Crippen LogP contribution in [0.1, 0.15) is 31.4 Å². The molecule has 0 bridgehead atoms. The summed E-state index contributed by atoms with van der Waals surface area (Å²) in [5.41, 5.74) is 0.839. The van der Waals surface area contributed by atoms with Crippen LogP contribution in [0.4, 0.5) is 0 Å². The predicted octanol–water partition coefficient (Wildman–Crippen LogP) is 2.98. The zero-order valence-corrected chi connectivity index (χ0v) is 12.3. The number of benzene rings is 1. The number of aliphatic hydroxyl groups excluding tert-OH is 1. The summed E-state index contributed by atoms with van der Waals surface area (Å²) in [6.07, 6.45) is 2.10. The number of halogens is 1. The predicted molar refractivity (Wildman–Crippen MR) is 75.9 cm³/mol. The van der Waals surface area contributed by atoms with Crippen LogP contribution in [0, 0.1) is 0 Å². The Hall–Kier alpha value is -0.580. The van der Waals surface area contributed by atoms with E-state index >= 15 is 0 Å². The normalized spacial score (nSPS) is 17.9. The molecule has 1 N–H and O–H groups in total. The largest absolute Gasteiger partial charge is 0.492 e. The summed E-state index contributed by atoms with van der Waals surface area (Å²) in [6, 6.07) is 5.77. The van der Waals surface area contributed by atoms with Crippen molar-refractivity contribution in [1.29, 1.82) is 0 Å². The highest BCUT2D eigenvalue weighted by Gasteiger charge is 2.13. The van der Waals surface area contributed by atoms with Gasteiger partial charge < -0.3 is 9.84 Å². The quantitative estimate of drug-likeness (QED) is 0.907. The number of nitrogens with zero attached hydrogens (tertiary/aromatic N) is 1. The van der Waals surface area contributed by atoms with E-state index in [-0.39, 0.29) is 0 Å². The number of likely N-dealkylation sites (tertiary alicyclic amines) is 1. The highest BCUT2D eigenvalue weighted by Crippen LogP contribution is 2.28. The SMILES string of the molecule is C[C@@H](O)c1cc(Br)ccc1OCCN1CCCC1. The van der Waals surface area contributed by atoms with Crippen LogP contribution in [0.3, 0.4) is 0 Å². The molecule has 1 saturated heterocycles. The van der Waals surface area contributed by atoms with E-state index in [1.807, 2.05) is 18.2 Å². The summed E-state index contributed by atoms with van der Waals surface area (Å²) >= 11 is 3.41. The van der Waals surface area contributed by atoms with Gasteiger partial charge in [0, 0.05) is 16.6 Å². The first-order chi connectivity index (χ1) is 8.66. The zero-order chi connectivity index (χ0) is 13.0. The minimum absolute atomic E-state index is 0.510. The Morgan fingerprint density at radius 3 is 2.78 bits per heavy atom. The smallest absolute Gasteiger partial charge is 0.125 e. The first-order valence-corrected chi connectivity index (χ1v) is 7.29. The summed E-state index contributed by atoms with van der Waals surface area (Å²) in [4.78, 5) is 2.42. The molecule has 1 atom stereocenters. The average Bonchev–Trinajstić information content (AvgIpc) is 2.84. The molecule has 3 nitrogen and oxygen atoms in total. The monoisotopic (exact) mass is 313 g/mol. The van der Waals surface area contributed by atoms with Gasteiger partial charge in [-0.15, -0.1) is 0 Å². The molecule has 0 unspecified atom stereocenters. The lowest BCUT2D eigenvalue weighted by atomic mass is 10.1. The third-order valence-corrected chi connectivity index (χ3v) is 3.78. The van der Waals surface area contributed by atoms with Crippen LogP contribution in [-0.4, -0.2) is 36.2 Å². The molecular weight excluding hydrogens is 294 g/mol. The van der Waals surface area contributed by atoms with Gasteiger partial charge in [-0.3, -0.25) is 4.90 Å². The molecule has 0 aromatic heterocycles. The van der Waals surface area contributed by atoms with Crippen molar-refractivity contribution in [1.82, 2.24) is 4.90 Å². The summed E-state index contributed by atoms with van der Waals surface area (Å²) in [6.45, 7) is 5.78. The van der Waals surface area contributed by atoms with E-state index in [0.29, 0.717) is 6.61 Å². The minimum Gasteiger partial charge on any atom is -0.492 e. The molecule has 100 valence electrons. The Morgan fingerprint density at radius 2 is 2.11 bits per heavy atom. The van der Waals surface area contributed by atoms with Crippen molar-refractivity contribution in [3.63, 3.8) is 0 Å². The fraction of sp³-hybridized carbons (Fsp3) is 0.571. The first kappa shape index (κ1) is 13.8. The average molecular weight is 314 g/mol. The Bertz CT molecular complexity index is 389. The second-order valence-electron chi connectivity index (χ2n) is 4.76. The van der Waals surface area contributed by atoms with Gasteiger partial charge in [0.25, 0.3) is 0 Å². The van der Waals surface area contributed by atoms with Crippen LogP contribution in [0.25, 0.3) is 0 Å². The Balaban J connectivity index is 1.91. The maximum absolute atomic E-state index is 9.73. The molecule has 1 aliphatic rings. The van der Waals surface area contributed by atoms with Crippen molar-refractivity contribution >= 4 is 15.9 Å². The van der Waals surface area contributed by atoms with Crippen LogP contribution in [-0.2, 0) is 0 Å². The van der Waals surface area contributed by atoms with Crippen molar-refractivity contribution in [3.05, 3.63) is 28.2 Å². The molecule has 0 spiro atoms. The van der Waals surface area contributed by atoms with Gasteiger partial charge in [-0.2, -0.15) is 0 Å². The van der Waals surface area contributed by atoms with Crippen molar-refractivity contribution in [2.24, 2.45) is 0 Å². The summed E-state index contributed by atoms with van der Waals surface area (Å²) in [7, 11) is 0. The zero-order valence-electron chi connectivity index (χ0n) is 10.7. The molecule has 0 radical (unpaired) electrons. The van der Waals surface area contributed by atoms with Crippen LogP contribution in [0.15, 0.2) is 22.7 Å². The fourth-order valence-electron chi connectivity index (χ4n) is 2.27. The Kier molecular flexibility index (Phi) is 5.03. The van der Waals surface area contributed by atoms with Crippen molar-refractivity contribution < 1.29 is 9.84 Å². The van der Waals surface area contributed by atoms with Gasteiger partial charge in [-0.05, 0) is 51.1 Å². The third-order valence-electron chi connectivity index (χ3n) is 3.29. The number of hydrogen-bond donors (Lipinski definition) is 1.